The maximum Gasteiger partial charge on any atom is 0.265 e. The van der Waals surface area contributed by atoms with Crippen LogP contribution in [0.3, 0.4) is 0 Å². The first kappa shape index (κ1) is 19.6. The van der Waals surface area contributed by atoms with Crippen molar-refractivity contribution in [3.05, 3.63) is 100 Å². The highest BCUT2D eigenvalue weighted by molar-refractivity contribution is 7.89. The second-order valence-electron chi connectivity index (χ2n) is 6.88. The summed E-state index contributed by atoms with van der Waals surface area (Å²) in [7, 11) is -3.86. The molecule has 148 valence electrons. The minimum atomic E-state index is -3.86. The van der Waals surface area contributed by atoms with Gasteiger partial charge in [-0.05, 0) is 48.9 Å². The van der Waals surface area contributed by atoms with Gasteiger partial charge in [0.1, 0.15) is 11.7 Å². The molecular formula is C22H18ClFN2O2S. The Labute approximate surface area is 174 Å². The second-order valence-corrected chi connectivity index (χ2v) is 9.18. The van der Waals surface area contributed by atoms with Crippen LogP contribution in [0.1, 0.15) is 22.7 Å². The van der Waals surface area contributed by atoms with E-state index in [2.05, 4.69) is 4.99 Å². The molecule has 0 amide bonds. The first-order valence-corrected chi connectivity index (χ1v) is 10.8. The molecule has 0 fully saturated rings. The fourth-order valence-corrected chi connectivity index (χ4v) is 4.83. The van der Waals surface area contributed by atoms with Gasteiger partial charge in [0.2, 0.25) is 0 Å². The van der Waals surface area contributed by atoms with Gasteiger partial charge in [-0.25, -0.2) is 17.1 Å². The topological polar surface area (TPSA) is 49.7 Å². The molecule has 1 heterocycles. The zero-order valence-corrected chi connectivity index (χ0v) is 17.2. The minimum Gasteiger partial charge on any atom is -0.257 e. The predicted octanol–water partition coefficient (Wildman–Crippen LogP) is 4.98. The SMILES string of the molecule is Cc1ccc(S(=O)(=O)N2CC(c3ccc(Cl)cc3)N=C2c2cccc(F)c2)cc1. The quantitative estimate of drug-likeness (QED) is 0.588. The van der Waals surface area contributed by atoms with E-state index in [4.69, 9.17) is 11.6 Å². The van der Waals surface area contributed by atoms with Crippen molar-refractivity contribution in [1.82, 2.24) is 4.31 Å². The predicted molar refractivity (Wildman–Crippen MR) is 112 cm³/mol. The monoisotopic (exact) mass is 428 g/mol. The van der Waals surface area contributed by atoms with Crippen molar-refractivity contribution in [3.63, 3.8) is 0 Å². The summed E-state index contributed by atoms with van der Waals surface area (Å²) in [5.41, 5.74) is 2.21. The molecule has 4 nitrogen and oxygen atoms in total. The normalized spacial score (nSPS) is 16.7. The van der Waals surface area contributed by atoms with Gasteiger partial charge in [0.05, 0.1) is 17.5 Å². The van der Waals surface area contributed by atoms with E-state index in [1.807, 2.05) is 19.1 Å². The van der Waals surface area contributed by atoms with Crippen molar-refractivity contribution >= 4 is 27.5 Å². The molecule has 1 atom stereocenters. The summed E-state index contributed by atoms with van der Waals surface area (Å²) < 4.78 is 41.8. The van der Waals surface area contributed by atoms with Gasteiger partial charge in [-0.2, -0.15) is 0 Å². The summed E-state index contributed by atoms with van der Waals surface area (Å²) in [6, 6.07) is 19.2. The summed E-state index contributed by atoms with van der Waals surface area (Å²) >= 11 is 5.97. The maximum atomic E-state index is 13.8. The third-order valence-electron chi connectivity index (χ3n) is 4.80. The zero-order chi connectivity index (χ0) is 20.6. The number of halogens is 2. The van der Waals surface area contributed by atoms with E-state index in [0.29, 0.717) is 10.6 Å². The van der Waals surface area contributed by atoms with E-state index >= 15 is 0 Å². The Morgan fingerprint density at radius 2 is 1.72 bits per heavy atom. The number of sulfonamides is 1. The molecule has 0 bridgehead atoms. The number of amidine groups is 1. The molecule has 1 unspecified atom stereocenters. The van der Waals surface area contributed by atoms with Gasteiger partial charge in [0, 0.05) is 10.6 Å². The van der Waals surface area contributed by atoms with Gasteiger partial charge in [0.15, 0.2) is 0 Å². The summed E-state index contributed by atoms with van der Waals surface area (Å²) in [6.45, 7) is 2.02. The molecule has 4 rings (SSSR count). The average Bonchev–Trinajstić information content (AvgIpc) is 3.15. The Morgan fingerprint density at radius 3 is 2.38 bits per heavy atom. The van der Waals surface area contributed by atoms with E-state index < -0.39 is 21.9 Å². The Kier molecular flexibility index (Phi) is 5.15. The van der Waals surface area contributed by atoms with Gasteiger partial charge in [-0.3, -0.25) is 4.99 Å². The van der Waals surface area contributed by atoms with Crippen LogP contribution in [0.4, 0.5) is 4.39 Å². The van der Waals surface area contributed by atoms with Crippen LogP contribution in [0.5, 0.6) is 0 Å². The maximum absolute atomic E-state index is 13.8. The van der Waals surface area contributed by atoms with Crippen molar-refractivity contribution < 1.29 is 12.8 Å². The molecule has 0 radical (unpaired) electrons. The van der Waals surface area contributed by atoms with Gasteiger partial charge in [0.25, 0.3) is 10.0 Å². The Bertz CT molecular complexity index is 1180. The third kappa shape index (κ3) is 3.91. The summed E-state index contributed by atoms with van der Waals surface area (Å²) in [4.78, 5) is 4.81. The largest absolute Gasteiger partial charge is 0.265 e. The Morgan fingerprint density at radius 1 is 1.03 bits per heavy atom. The summed E-state index contributed by atoms with van der Waals surface area (Å²) in [5.74, 6) is -0.224. The molecule has 7 heteroatoms. The molecule has 3 aromatic rings. The lowest BCUT2D eigenvalue weighted by Crippen LogP contribution is -2.35. The van der Waals surface area contributed by atoms with Crippen LogP contribution in [-0.2, 0) is 10.0 Å². The second kappa shape index (κ2) is 7.61. The van der Waals surface area contributed by atoms with E-state index in [1.54, 1.807) is 48.5 Å². The molecular weight excluding hydrogens is 411 g/mol. The van der Waals surface area contributed by atoms with Gasteiger partial charge in [-0.15, -0.1) is 0 Å². The molecule has 0 saturated carbocycles. The highest BCUT2D eigenvalue weighted by Gasteiger charge is 2.36. The van der Waals surface area contributed by atoms with Crippen molar-refractivity contribution in [2.45, 2.75) is 17.9 Å². The Hall–Kier alpha value is -2.70. The standard InChI is InChI=1S/C22H18ClFN2O2S/c1-15-5-11-20(12-6-15)29(27,28)26-14-21(16-7-9-18(23)10-8-16)25-22(26)17-3-2-4-19(24)13-17/h2-13,21H,14H2,1H3. The van der Waals surface area contributed by atoms with E-state index in [-0.39, 0.29) is 17.3 Å². The van der Waals surface area contributed by atoms with Crippen LogP contribution in [0, 0.1) is 12.7 Å². The van der Waals surface area contributed by atoms with Gasteiger partial charge >= 0.3 is 0 Å². The molecule has 29 heavy (non-hydrogen) atoms. The van der Waals surface area contributed by atoms with Crippen molar-refractivity contribution in [1.29, 1.82) is 0 Å². The fourth-order valence-electron chi connectivity index (χ4n) is 3.26. The lowest BCUT2D eigenvalue weighted by atomic mass is 10.1. The molecule has 0 saturated heterocycles. The first-order chi connectivity index (χ1) is 13.8. The zero-order valence-electron chi connectivity index (χ0n) is 15.6. The summed E-state index contributed by atoms with van der Waals surface area (Å²) in [6.07, 6.45) is 0. The van der Waals surface area contributed by atoms with Gasteiger partial charge < -0.3 is 0 Å². The minimum absolute atomic E-state index is 0.129. The number of benzene rings is 3. The third-order valence-corrected chi connectivity index (χ3v) is 6.82. The van der Waals surface area contributed by atoms with Crippen LogP contribution < -0.4 is 0 Å². The highest BCUT2D eigenvalue weighted by Crippen LogP contribution is 2.32. The fraction of sp³-hybridized carbons (Fsp3) is 0.136. The first-order valence-electron chi connectivity index (χ1n) is 9.03. The smallest absolute Gasteiger partial charge is 0.257 e. The van der Waals surface area contributed by atoms with E-state index in [1.165, 1.54) is 16.4 Å². The number of nitrogens with zero attached hydrogens (tertiary/aromatic N) is 2. The van der Waals surface area contributed by atoms with Crippen LogP contribution in [0.2, 0.25) is 5.02 Å². The average molecular weight is 429 g/mol. The van der Waals surface area contributed by atoms with Gasteiger partial charge in [-0.1, -0.05) is 53.6 Å². The van der Waals surface area contributed by atoms with Crippen molar-refractivity contribution in [2.24, 2.45) is 4.99 Å². The highest BCUT2D eigenvalue weighted by atomic mass is 35.5. The van der Waals surface area contributed by atoms with Crippen LogP contribution in [-0.4, -0.2) is 25.1 Å². The molecule has 0 aliphatic carbocycles. The number of rotatable bonds is 4. The molecule has 1 aliphatic rings. The number of aliphatic imine (C=N–C) groups is 1. The Balaban J connectivity index is 1.80. The number of hydrogen-bond donors (Lipinski definition) is 0. The van der Waals surface area contributed by atoms with Crippen molar-refractivity contribution in [2.75, 3.05) is 6.54 Å². The summed E-state index contributed by atoms with van der Waals surface area (Å²) in [5, 5.41) is 0.588. The lowest BCUT2D eigenvalue weighted by Gasteiger charge is -2.21. The molecule has 0 aromatic heterocycles. The number of hydrogen-bond acceptors (Lipinski definition) is 3. The number of aryl methyl sites for hydroxylation is 1. The molecule has 0 spiro atoms. The van der Waals surface area contributed by atoms with E-state index in [0.717, 1.165) is 11.1 Å². The van der Waals surface area contributed by atoms with Crippen molar-refractivity contribution in [3.8, 4) is 0 Å². The van der Waals surface area contributed by atoms with Crippen LogP contribution in [0.15, 0.2) is 82.7 Å². The lowest BCUT2D eigenvalue weighted by molar-refractivity contribution is 0.520. The van der Waals surface area contributed by atoms with Crippen LogP contribution in [0.25, 0.3) is 0 Å². The van der Waals surface area contributed by atoms with Crippen LogP contribution >= 0.6 is 11.6 Å². The molecule has 3 aromatic carbocycles. The molecule has 0 N–H and O–H groups in total. The molecule has 1 aliphatic heterocycles. The van der Waals surface area contributed by atoms with E-state index in [9.17, 15) is 12.8 Å².